The maximum atomic E-state index is 13.0. The molecule has 5 heteroatoms. The van der Waals surface area contributed by atoms with E-state index in [0.29, 0.717) is 43.0 Å². The van der Waals surface area contributed by atoms with Crippen molar-refractivity contribution < 1.29 is 14.0 Å². The second-order valence-corrected chi connectivity index (χ2v) is 7.02. The van der Waals surface area contributed by atoms with E-state index in [-0.39, 0.29) is 17.6 Å². The Balaban J connectivity index is 1.58. The van der Waals surface area contributed by atoms with Crippen molar-refractivity contribution in [1.29, 1.82) is 0 Å². The summed E-state index contributed by atoms with van der Waals surface area (Å²) < 4.78 is 13.0. The summed E-state index contributed by atoms with van der Waals surface area (Å²) in [5.41, 5.74) is 0.524. The minimum atomic E-state index is -0.335. The summed E-state index contributed by atoms with van der Waals surface area (Å²) >= 11 is 0. The molecule has 1 aromatic carbocycles. The Morgan fingerprint density at radius 2 is 1.88 bits per heavy atom. The van der Waals surface area contributed by atoms with Gasteiger partial charge in [-0.1, -0.05) is 13.3 Å². The molecule has 2 amide bonds. The van der Waals surface area contributed by atoms with Gasteiger partial charge in [-0.2, -0.15) is 0 Å². The van der Waals surface area contributed by atoms with Crippen molar-refractivity contribution in [3.8, 4) is 0 Å². The number of benzene rings is 1. The molecule has 24 heavy (non-hydrogen) atoms. The molecular weight excluding hydrogens is 307 g/mol. The summed E-state index contributed by atoms with van der Waals surface area (Å²) in [7, 11) is 0. The van der Waals surface area contributed by atoms with Crippen LogP contribution < -0.4 is 5.32 Å². The van der Waals surface area contributed by atoms with Gasteiger partial charge in [0, 0.05) is 31.1 Å². The largest absolute Gasteiger partial charge is 0.353 e. The second-order valence-electron chi connectivity index (χ2n) is 7.02. The van der Waals surface area contributed by atoms with Gasteiger partial charge in [-0.05, 0) is 55.4 Å². The highest BCUT2D eigenvalue weighted by atomic mass is 19.1. The zero-order valence-corrected chi connectivity index (χ0v) is 14.1. The van der Waals surface area contributed by atoms with E-state index in [9.17, 15) is 14.0 Å². The molecule has 1 aliphatic carbocycles. The quantitative estimate of drug-likeness (QED) is 0.901. The molecular formula is C19H25FN2O2. The molecule has 2 atom stereocenters. The highest BCUT2D eigenvalue weighted by Crippen LogP contribution is 2.30. The average molecular weight is 332 g/mol. The Kier molecular flexibility index (Phi) is 5.17. The Morgan fingerprint density at radius 3 is 2.50 bits per heavy atom. The number of carbonyl (C=O) groups excluding carboxylic acids is 2. The first-order valence-corrected chi connectivity index (χ1v) is 8.91. The number of amides is 2. The van der Waals surface area contributed by atoms with Gasteiger partial charge in [0.15, 0.2) is 0 Å². The lowest BCUT2D eigenvalue weighted by atomic mass is 9.81. The van der Waals surface area contributed by atoms with E-state index < -0.39 is 0 Å². The fourth-order valence-corrected chi connectivity index (χ4v) is 3.52. The van der Waals surface area contributed by atoms with Crippen LogP contribution >= 0.6 is 0 Å². The monoisotopic (exact) mass is 332 g/mol. The van der Waals surface area contributed by atoms with E-state index in [2.05, 4.69) is 12.2 Å². The molecule has 1 aromatic rings. The predicted molar refractivity (Wildman–Crippen MR) is 90.0 cm³/mol. The molecule has 1 N–H and O–H groups in total. The molecule has 1 saturated carbocycles. The maximum Gasteiger partial charge on any atom is 0.253 e. The summed E-state index contributed by atoms with van der Waals surface area (Å²) in [5.74, 6) is 0.450. The molecule has 130 valence electrons. The summed E-state index contributed by atoms with van der Waals surface area (Å²) in [6.07, 6.45) is 4.58. The number of piperidine rings is 1. The van der Waals surface area contributed by atoms with Crippen molar-refractivity contribution in [2.45, 2.75) is 45.1 Å². The van der Waals surface area contributed by atoms with Gasteiger partial charge in [0.25, 0.3) is 5.91 Å². The van der Waals surface area contributed by atoms with Crippen LogP contribution in [0.15, 0.2) is 24.3 Å². The van der Waals surface area contributed by atoms with Crippen molar-refractivity contribution in [1.82, 2.24) is 10.2 Å². The van der Waals surface area contributed by atoms with Crippen molar-refractivity contribution >= 4 is 11.8 Å². The van der Waals surface area contributed by atoms with E-state index in [0.717, 1.165) is 25.7 Å². The van der Waals surface area contributed by atoms with E-state index in [1.807, 2.05) is 4.90 Å². The van der Waals surface area contributed by atoms with Crippen LogP contribution in [-0.2, 0) is 4.79 Å². The van der Waals surface area contributed by atoms with E-state index in [1.165, 1.54) is 24.3 Å². The zero-order chi connectivity index (χ0) is 17.1. The third kappa shape index (κ3) is 4.13. The fourth-order valence-electron chi connectivity index (χ4n) is 3.52. The number of likely N-dealkylation sites (tertiary alicyclic amines) is 1. The van der Waals surface area contributed by atoms with Crippen LogP contribution in [0.3, 0.4) is 0 Å². The average Bonchev–Trinajstić information content (AvgIpc) is 3.39. The normalized spacial score (nSPS) is 23.8. The van der Waals surface area contributed by atoms with Crippen LogP contribution in [0, 0.1) is 17.7 Å². The summed E-state index contributed by atoms with van der Waals surface area (Å²) in [5, 5.41) is 3.06. The second kappa shape index (κ2) is 7.32. The molecule has 0 radical (unpaired) electrons. The number of rotatable bonds is 5. The maximum absolute atomic E-state index is 13.0. The predicted octanol–water partition coefficient (Wildman–Crippen LogP) is 2.98. The van der Waals surface area contributed by atoms with Gasteiger partial charge in [0.05, 0.1) is 0 Å². The SMILES string of the molecule is CCC1CN(C(=O)c2ccc(F)cc2)CCC1CC(=O)NC1CC1. The molecule has 3 rings (SSSR count). The van der Waals surface area contributed by atoms with Crippen LogP contribution in [0.5, 0.6) is 0 Å². The molecule has 0 aromatic heterocycles. The minimum Gasteiger partial charge on any atom is -0.353 e. The van der Waals surface area contributed by atoms with Crippen LogP contribution in [0.4, 0.5) is 4.39 Å². The molecule has 1 saturated heterocycles. The zero-order valence-electron chi connectivity index (χ0n) is 14.1. The van der Waals surface area contributed by atoms with Gasteiger partial charge in [-0.3, -0.25) is 9.59 Å². The van der Waals surface area contributed by atoms with Crippen molar-refractivity contribution in [2.75, 3.05) is 13.1 Å². The molecule has 1 heterocycles. The Bertz CT molecular complexity index is 598. The van der Waals surface area contributed by atoms with Gasteiger partial charge in [-0.15, -0.1) is 0 Å². The Morgan fingerprint density at radius 1 is 1.17 bits per heavy atom. The molecule has 0 spiro atoms. The molecule has 0 bridgehead atoms. The van der Waals surface area contributed by atoms with Gasteiger partial charge in [0.2, 0.25) is 5.91 Å². The van der Waals surface area contributed by atoms with Crippen molar-refractivity contribution in [3.05, 3.63) is 35.6 Å². The lowest BCUT2D eigenvalue weighted by Gasteiger charge is -2.38. The van der Waals surface area contributed by atoms with Gasteiger partial charge < -0.3 is 10.2 Å². The van der Waals surface area contributed by atoms with Crippen molar-refractivity contribution in [2.24, 2.45) is 11.8 Å². The van der Waals surface area contributed by atoms with E-state index in [4.69, 9.17) is 0 Å². The third-order valence-corrected chi connectivity index (χ3v) is 5.18. The molecule has 1 aliphatic heterocycles. The summed E-state index contributed by atoms with van der Waals surface area (Å²) in [6.45, 7) is 3.45. The lowest BCUT2D eigenvalue weighted by molar-refractivity contribution is -0.123. The van der Waals surface area contributed by atoms with Crippen LogP contribution in [0.2, 0.25) is 0 Å². The number of halogens is 1. The number of hydrogen-bond acceptors (Lipinski definition) is 2. The van der Waals surface area contributed by atoms with Crippen LogP contribution in [0.25, 0.3) is 0 Å². The topological polar surface area (TPSA) is 49.4 Å². The lowest BCUT2D eigenvalue weighted by Crippen LogP contribution is -2.45. The first-order valence-electron chi connectivity index (χ1n) is 8.91. The van der Waals surface area contributed by atoms with Gasteiger partial charge >= 0.3 is 0 Å². The molecule has 2 aliphatic rings. The first-order chi connectivity index (χ1) is 11.6. The van der Waals surface area contributed by atoms with Gasteiger partial charge in [0.1, 0.15) is 5.82 Å². The first kappa shape index (κ1) is 16.9. The van der Waals surface area contributed by atoms with Crippen molar-refractivity contribution in [3.63, 3.8) is 0 Å². The van der Waals surface area contributed by atoms with Gasteiger partial charge in [-0.25, -0.2) is 4.39 Å². The fraction of sp³-hybridized carbons (Fsp3) is 0.579. The number of nitrogens with zero attached hydrogens (tertiary/aromatic N) is 1. The van der Waals surface area contributed by atoms with E-state index in [1.54, 1.807) is 0 Å². The van der Waals surface area contributed by atoms with Crippen LogP contribution in [-0.4, -0.2) is 35.8 Å². The molecule has 4 nitrogen and oxygen atoms in total. The number of carbonyl (C=O) groups is 2. The third-order valence-electron chi connectivity index (χ3n) is 5.18. The highest BCUT2D eigenvalue weighted by molar-refractivity contribution is 5.94. The molecule has 2 unspecified atom stereocenters. The summed E-state index contributed by atoms with van der Waals surface area (Å²) in [6, 6.07) is 6.11. The van der Waals surface area contributed by atoms with E-state index >= 15 is 0 Å². The summed E-state index contributed by atoms with van der Waals surface area (Å²) in [4.78, 5) is 26.5. The Hall–Kier alpha value is -1.91. The standard InChI is InChI=1S/C19H25FN2O2/c1-2-13-12-22(19(24)14-3-5-16(20)6-4-14)10-9-15(13)11-18(23)21-17-7-8-17/h3-6,13,15,17H,2,7-12H2,1H3,(H,21,23). The smallest absolute Gasteiger partial charge is 0.253 e. The number of hydrogen-bond donors (Lipinski definition) is 1. The minimum absolute atomic E-state index is 0.0469. The molecule has 2 fully saturated rings. The van der Waals surface area contributed by atoms with Crippen LogP contribution in [0.1, 0.15) is 49.4 Å². The Labute approximate surface area is 142 Å². The highest BCUT2D eigenvalue weighted by Gasteiger charge is 2.33. The number of nitrogens with one attached hydrogen (secondary N) is 1.